The van der Waals surface area contributed by atoms with Gasteiger partial charge in [0.05, 0.1) is 17.6 Å². The highest BCUT2D eigenvalue weighted by Crippen LogP contribution is 2.21. The van der Waals surface area contributed by atoms with Crippen molar-refractivity contribution < 1.29 is 4.79 Å². The third-order valence-corrected chi connectivity index (χ3v) is 3.43. The van der Waals surface area contributed by atoms with Crippen molar-refractivity contribution in [2.75, 3.05) is 37.3 Å². The average Bonchev–Trinajstić information content (AvgIpc) is 2.47. The molecule has 0 aliphatic carbocycles. The topological polar surface area (TPSA) is 75.4 Å². The molecule has 2 N–H and O–H groups in total. The summed E-state index contributed by atoms with van der Waals surface area (Å²) in [5.41, 5.74) is 7.48. The number of nitrogens with two attached hydrogens (primary N) is 1. The van der Waals surface area contributed by atoms with Crippen LogP contribution in [0.25, 0.3) is 11.0 Å². The van der Waals surface area contributed by atoms with Crippen molar-refractivity contribution in [1.82, 2.24) is 14.9 Å². The number of rotatable bonds is 5. The first-order chi connectivity index (χ1) is 10.1. The van der Waals surface area contributed by atoms with E-state index in [-0.39, 0.29) is 12.5 Å². The molecular formula is C15H21N5O. The molecule has 1 amide bonds. The Kier molecular flexibility index (Phi) is 4.57. The molecule has 2 rings (SSSR count). The molecule has 0 fully saturated rings. The summed E-state index contributed by atoms with van der Waals surface area (Å²) in [6.07, 6.45) is 0. The van der Waals surface area contributed by atoms with Gasteiger partial charge in [0.2, 0.25) is 5.91 Å². The van der Waals surface area contributed by atoms with Crippen molar-refractivity contribution in [2.24, 2.45) is 0 Å². The van der Waals surface area contributed by atoms with E-state index in [4.69, 9.17) is 5.73 Å². The van der Waals surface area contributed by atoms with E-state index in [1.54, 1.807) is 16.8 Å². The molecule has 1 aromatic carbocycles. The van der Waals surface area contributed by atoms with E-state index in [2.05, 4.69) is 9.97 Å². The Labute approximate surface area is 124 Å². The van der Waals surface area contributed by atoms with Gasteiger partial charge in [-0.1, -0.05) is 12.1 Å². The Bertz CT molecular complexity index is 639. The van der Waals surface area contributed by atoms with Crippen LogP contribution in [0.4, 0.5) is 11.6 Å². The van der Waals surface area contributed by atoms with Gasteiger partial charge in [0.15, 0.2) is 11.6 Å². The molecule has 0 saturated carbocycles. The first kappa shape index (κ1) is 15.0. The number of hydrogen-bond acceptors (Lipinski definition) is 5. The molecule has 0 unspecified atom stereocenters. The van der Waals surface area contributed by atoms with Gasteiger partial charge in [-0.2, -0.15) is 0 Å². The van der Waals surface area contributed by atoms with Gasteiger partial charge >= 0.3 is 0 Å². The summed E-state index contributed by atoms with van der Waals surface area (Å²) in [5, 5.41) is 0. The molecule has 6 nitrogen and oxygen atoms in total. The van der Waals surface area contributed by atoms with E-state index in [1.165, 1.54) is 0 Å². The Morgan fingerprint density at radius 3 is 2.29 bits per heavy atom. The first-order valence-electron chi connectivity index (χ1n) is 7.08. The van der Waals surface area contributed by atoms with Crippen molar-refractivity contribution in [1.29, 1.82) is 0 Å². The van der Waals surface area contributed by atoms with Crippen molar-refractivity contribution in [3.63, 3.8) is 0 Å². The number of fused-ring (bicyclic) bond motifs is 1. The number of nitrogen functional groups attached to an aromatic ring is 1. The third kappa shape index (κ3) is 3.21. The molecule has 1 heterocycles. The van der Waals surface area contributed by atoms with Crippen LogP contribution in [0.15, 0.2) is 24.3 Å². The number of carbonyl (C=O) groups excluding carboxylic acids is 1. The van der Waals surface area contributed by atoms with Crippen LogP contribution in [0.1, 0.15) is 13.8 Å². The van der Waals surface area contributed by atoms with Gasteiger partial charge in [0.1, 0.15) is 0 Å². The molecule has 6 heteroatoms. The number of benzene rings is 1. The number of amides is 1. The number of carbonyl (C=O) groups is 1. The Hall–Kier alpha value is -2.37. The lowest BCUT2D eigenvalue weighted by Crippen LogP contribution is -2.39. The number of aromatic nitrogens is 2. The Balaban J connectivity index is 2.24. The van der Waals surface area contributed by atoms with Crippen LogP contribution in [-0.2, 0) is 4.79 Å². The van der Waals surface area contributed by atoms with E-state index >= 15 is 0 Å². The van der Waals surface area contributed by atoms with Gasteiger partial charge in [-0.25, -0.2) is 9.97 Å². The smallest absolute Gasteiger partial charge is 0.242 e. The zero-order valence-electron chi connectivity index (χ0n) is 12.7. The number of hydrogen-bond donors (Lipinski definition) is 1. The molecule has 0 atom stereocenters. The SMILES string of the molecule is CCN(CC)C(=O)CN(C)c1nc2ccccc2nc1N. The molecule has 21 heavy (non-hydrogen) atoms. The fraction of sp³-hybridized carbons (Fsp3) is 0.400. The van der Waals surface area contributed by atoms with Crippen molar-refractivity contribution in [3.8, 4) is 0 Å². The minimum absolute atomic E-state index is 0.0526. The first-order valence-corrected chi connectivity index (χ1v) is 7.08. The number of nitrogens with zero attached hydrogens (tertiary/aromatic N) is 4. The highest BCUT2D eigenvalue weighted by atomic mass is 16.2. The zero-order valence-corrected chi connectivity index (χ0v) is 12.7. The normalized spacial score (nSPS) is 10.6. The molecule has 0 saturated heterocycles. The second-order valence-corrected chi connectivity index (χ2v) is 4.84. The third-order valence-electron chi connectivity index (χ3n) is 3.43. The fourth-order valence-electron chi connectivity index (χ4n) is 2.24. The second kappa shape index (κ2) is 6.39. The summed E-state index contributed by atoms with van der Waals surface area (Å²) in [5.74, 6) is 0.926. The van der Waals surface area contributed by atoms with Gasteiger partial charge in [-0.15, -0.1) is 0 Å². The maximum Gasteiger partial charge on any atom is 0.242 e. The van der Waals surface area contributed by atoms with Gasteiger partial charge in [-0.05, 0) is 26.0 Å². The van der Waals surface area contributed by atoms with Gasteiger partial charge in [0.25, 0.3) is 0 Å². The number of likely N-dealkylation sites (N-methyl/N-ethyl adjacent to an activating group) is 2. The maximum atomic E-state index is 12.2. The van der Waals surface area contributed by atoms with E-state index in [1.807, 2.05) is 38.1 Å². The lowest BCUT2D eigenvalue weighted by atomic mass is 10.3. The Morgan fingerprint density at radius 1 is 1.14 bits per heavy atom. The summed E-state index contributed by atoms with van der Waals surface area (Å²) in [6, 6.07) is 7.54. The fourth-order valence-corrected chi connectivity index (χ4v) is 2.24. The molecule has 0 bridgehead atoms. The molecular weight excluding hydrogens is 266 g/mol. The van der Waals surface area contributed by atoms with Crippen LogP contribution >= 0.6 is 0 Å². The predicted molar refractivity (Wildman–Crippen MR) is 85.1 cm³/mol. The van der Waals surface area contributed by atoms with Crippen LogP contribution in [0.3, 0.4) is 0 Å². The molecule has 1 aromatic heterocycles. The van der Waals surface area contributed by atoms with E-state index in [9.17, 15) is 4.79 Å². The van der Waals surface area contributed by atoms with Crippen LogP contribution in [-0.4, -0.2) is 47.5 Å². The van der Waals surface area contributed by atoms with Crippen LogP contribution < -0.4 is 10.6 Å². The molecule has 2 aromatic rings. The van der Waals surface area contributed by atoms with Crippen LogP contribution in [0.2, 0.25) is 0 Å². The lowest BCUT2D eigenvalue weighted by Gasteiger charge is -2.24. The van der Waals surface area contributed by atoms with Crippen LogP contribution in [0.5, 0.6) is 0 Å². The number of para-hydroxylation sites is 2. The largest absolute Gasteiger partial charge is 0.381 e. The highest BCUT2D eigenvalue weighted by Gasteiger charge is 2.16. The summed E-state index contributed by atoms with van der Waals surface area (Å²) >= 11 is 0. The summed E-state index contributed by atoms with van der Waals surface area (Å²) in [7, 11) is 1.80. The maximum absolute atomic E-state index is 12.2. The van der Waals surface area contributed by atoms with Gasteiger partial charge in [0, 0.05) is 20.1 Å². The van der Waals surface area contributed by atoms with Crippen molar-refractivity contribution in [3.05, 3.63) is 24.3 Å². The minimum Gasteiger partial charge on any atom is -0.381 e. The molecule has 0 spiro atoms. The van der Waals surface area contributed by atoms with Crippen molar-refractivity contribution >= 4 is 28.6 Å². The monoisotopic (exact) mass is 287 g/mol. The summed E-state index contributed by atoms with van der Waals surface area (Å²) in [4.78, 5) is 24.5. The highest BCUT2D eigenvalue weighted by molar-refractivity contribution is 5.84. The second-order valence-electron chi connectivity index (χ2n) is 4.84. The lowest BCUT2D eigenvalue weighted by molar-refractivity contribution is -0.129. The number of anilines is 2. The summed E-state index contributed by atoms with van der Waals surface area (Å²) in [6.45, 7) is 5.56. The molecule has 0 aliphatic rings. The average molecular weight is 287 g/mol. The quantitative estimate of drug-likeness (QED) is 0.902. The van der Waals surface area contributed by atoms with Crippen LogP contribution in [0, 0.1) is 0 Å². The molecule has 0 aliphatic heterocycles. The standard InChI is InChI=1S/C15H21N5O/c1-4-20(5-2)13(21)10-19(3)15-14(16)17-11-8-6-7-9-12(11)18-15/h6-9H,4-5,10H2,1-3H3,(H2,16,17). The minimum atomic E-state index is 0.0526. The van der Waals surface area contributed by atoms with Gasteiger partial charge < -0.3 is 15.5 Å². The molecule has 0 radical (unpaired) electrons. The summed E-state index contributed by atoms with van der Waals surface area (Å²) < 4.78 is 0. The predicted octanol–water partition coefficient (Wildman–Crippen LogP) is 1.52. The van der Waals surface area contributed by atoms with Crippen molar-refractivity contribution in [2.45, 2.75) is 13.8 Å². The molecule has 112 valence electrons. The van der Waals surface area contributed by atoms with E-state index in [0.717, 1.165) is 11.0 Å². The van der Waals surface area contributed by atoms with E-state index < -0.39 is 0 Å². The van der Waals surface area contributed by atoms with E-state index in [0.29, 0.717) is 24.7 Å². The zero-order chi connectivity index (χ0) is 15.4. The van der Waals surface area contributed by atoms with Gasteiger partial charge in [-0.3, -0.25) is 4.79 Å². The Morgan fingerprint density at radius 2 is 1.71 bits per heavy atom.